The van der Waals surface area contributed by atoms with Gasteiger partial charge in [-0.3, -0.25) is 0 Å². The molecule has 0 nitrogen and oxygen atoms in total. The van der Waals surface area contributed by atoms with Crippen molar-refractivity contribution in [3.05, 3.63) is 113 Å². The summed E-state index contributed by atoms with van der Waals surface area (Å²) in [5.41, 5.74) is 15.5. The Kier molecular flexibility index (Phi) is 5.74. The molecular weight excluding hydrogens is 384 g/mol. The highest BCUT2D eigenvalue weighted by Gasteiger charge is 2.25. The number of rotatable bonds is 4. The van der Waals surface area contributed by atoms with Crippen LogP contribution < -0.4 is 0 Å². The van der Waals surface area contributed by atoms with Gasteiger partial charge in [-0.2, -0.15) is 0 Å². The van der Waals surface area contributed by atoms with Crippen molar-refractivity contribution in [2.24, 2.45) is 5.41 Å². The van der Waals surface area contributed by atoms with Crippen LogP contribution in [0.1, 0.15) is 49.9 Å². The molecule has 3 aromatic carbocycles. The zero-order valence-corrected chi connectivity index (χ0v) is 19.5. The van der Waals surface area contributed by atoms with Crippen molar-refractivity contribution in [3.63, 3.8) is 0 Å². The van der Waals surface area contributed by atoms with Crippen LogP contribution in [0.15, 0.2) is 91.2 Å². The van der Waals surface area contributed by atoms with Crippen LogP contribution in [0.2, 0.25) is 0 Å². The van der Waals surface area contributed by atoms with Gasteiger partial charge >= 0.3 is 0 Å². The lowest BCUT2D eigenvalue weighted by atomic mass is 9.79. The highest BCUT2D eigenvalue weighted by Crippen LogP contribution is 2.46. The Hall–Kier alpha value is -3.60. The highest BCUT2D eigenvalue weighted by molar-refractivity contribution is 6.01. The Morgan fingerprint density at radius 1 is 0.688 bits per heavy atom. The summed E-state index contributed by atoms with van der Waals surface area (Å²) in [6.45, 7) is 17.3. The fourth-order valence-electron chi connectivity index (χ4n) is 4.52. The minimum atomic E-state index is 0.00214. The molecule has 4 rings (SSSR count). The summed E-state index contributed by atoms with van der Waals surface area (Å²) in [6, 6.07) is 21.2. The fourth-order valence-corrected chi connectivity index (χ4v) is 4.52. The Balaban J connectivity index is 2.25. The van der Waals surface area contributed by atoms with E-state index in [1.54, 1.807) is 0 Å². The molecule has 0 heteroatoms. The molecule has 0 fully saturated rings. The van der Waals surface area contributed by atoms with Gasteiger partial charge in [0.25, 0.3) is 0 Å². The van der Waals surface area contributed by atoms with E-state index in [0.29, 0.717) is 0 Å². The lowest BCUT2D eigenvalue weighted by molar-refractivity contribution is 0.519. The maximum atomic E-state index is 4.21. The van der Waals surface area contributed by atoms with Gasteiger partial charge in [0, 0.05) is 5.56 Å². The summed E-state index contributed by atoms with van der Waals surface area (Å²) in [7, 11) is 0. The van der Waals surface area contributed by atoms with Gasteiger partial charge in [0.05, 0.1) is 0 Å². The van der Waals surface area contributed by atoms with Gasteiger partial charge in [-0.15, -0.1) is 5.73 Å². The van der Waals surface area contributed by atoms with E-state index in [9.17, 15) is 0 Å². The molecule has 0 saturated carbocycles. The number of fused-ring (bicyclic) bond motifs is 1. The van der Waals surface area contributed by atoms with Crippen LogP contribution in [-0.4, -0.2) is 0 Å². The first-order valence-electron chi connectivity index (χ1n) is 11.1. The van der Waals surface area contributed by atoms with E-state index in [4.69, 9.17) is 0 Å². The molecular formula is C32H30. The van der Waals surface area contributed by atoms with Crippen molar-refractivity contribution in [1.29, 1.82) is 0 Å². The fraction of sp³-hybridized carbons (Fsp3) is 0.156. The van der Waals surface area contributed by atoms with Crippen molar-refractivity contribution >= 4 is 23.8 Å². The third kappa shape index (κ3) is 3.75. The number of allylic oxidation sites excluding steroid dienone is 2. The predicted octanol–water partition coefficient (Wildman–Crippen LogP) is 9.31. The van der Waals surface area contributed by atoms with Crippen LogP contribution in [0.3, 0.4) is 0 Å². The Labute approximate surface area is 192 Å². The van der Waals surface area contributed by atoms with E-state index < -0.39 is 0 Å². The van der Waals surface area contributed by atoms with Gasteiger partial charge < -0.3 is 0 Å². The number of hydrogen-bond acceptors (Lipinski definition) is 0. The van der Waals surface area contributed by atoms with Gasteiger partial charge in [-0.1, -0.05) is 119 Å². The summed E-state index contributed by atoms with van der Waals surface area (Å²) in [5, 5.41) is 0. The summed E-state index contributed by atoms with van der Waals surface area (Å²) in [6.07, 6.45) is 8.45. The normalized spacial score (nSPS) is 13.0. The number of benzene rings is 3. The molecule has 158 valence electrons. The maximum absolute atomic E-state index is 4.21. The first-order chi connectivity index (χ1) is 15.4. The molecule has 0 heterocycles. The summed E-state index contributed by atoms with van der Waals surface area (Å²) in [4.78, 5) is 0. The Morgan fingerprint density at radius 3 is 1.69 bits per heavy atom. The monoisotopic (exact) mass is 414 g/mol. The SMILES string of the molecule is C=Cc1c(C=C)c(-c2ccccc2)c2c(c1-c1ccccc1)C=CC(C(C)(C)C)=C=C2C. The summed E-state index contributed by atoms with van der Waals surface area (Å²) in [5.74, 6) is 0. The average Bonchev–Trinajstić information content (AvgIpc) is 2.97. The number of hydrogen-bond donors (Lipinski definition) is 0. The molecule has 0 aromatic heterocycles. The van der Waals surface area contributed by atoms with E-state index in [2.05, 4.69) is 119 Å². The average molecular weight is 415 g/mol. The van der Waals surface area contributed by atoms with Crippen LogP contribution in [0, 0.1) is 5.41 Å². The van der Waals surface area contributed by atoms with E-state index in [0.717, 1.165) is 16.7 Å². The molecule has 1 aliphatic carbocycles. The second-order valence-electron chi connectivity index (χ2n) is 9.25. The van der Waals surface area contributed by atoms with Gasteiger partial charge in [-0.25, -0.2) is 0 Å². The van der Waals surface area contributed by atoms with Crippen molar-refractivity contribution in [3.8, 4) is 22.3 Å². The zero-order chi connectivity index (χ0) is 22.9. The third-order valence-corrected chi connectivity index (χ3v) is 6.07. The van der Waals surface area contributed by atoms with E-state index in [-0.39, 0.29) is 5.41 Å². The first kappa shape index (κ1) is 21.6. The molecule has 0 spiro atoms. The molecule has 0 unspecified atom stereocenters. The maximum Gasteiger partial charge on any atom is 0.00140 e. The van der Waals surface area contributed by atoms with Gasteiger partial charge in [0.2, 0.25) is 0 Å². The van der Waals surface area contributed by atoms with Gasteiger partial charge in [0.15, 0.2) is 0 Å². The van der Waals surface area contributed by atoms with Crippen LogP contribution in [0.25, 0.3) is 46.1 Å². The molecule has 3 aromatic rings. The molecule has 32 heavy (non-hydrogen) atoms. The van der Waals surface area contributed by atoms with Crippen molar-refractivity contribution in [1.82, 2.24) is 0 Å². The molecule has 0 bridgehead atoms. The quantitative estimate of drug-likeness (QED) is 0.373. The van der Waals surface area contributed by atoms with Crippen molar-refractivity contribution in [2.45, 2.75) is 27.7 Å². The minimum absolute atomic E-state index is 0.00214. The van der Waals surface area contributed by atoms with Crippen LogP contribution in [-0.2, 0) is 0 Å². The van der Waals surface area contributed by atoms with E-state index >= 15 is 0 Å². The molecule has 0 atom stereocenters. The molecule has 1 aliphatic rings. The third-order valence-electron chi connectivity index (χ3n) is 6.07. The van der Waals surface area contributed by atoms with Gasteiger partial charge in [-0.05, 0) is 62.4 Å². The highest BCUT2D eigenvalue weighted by atomic mass is 14.3. The lowest BCUT2D eigenvalue weighted by Gasteiger charge is -2.23. The van der Waals surface area contributed by atoms with Crippen molar-refractivity contribution < 1.29 is 0 Å². The van der Waals surface area contributed by atoms with Crippen LogP contribution >= 0.6 is 0 Å². The topological polar surface area (TPSA) is 0 Å². The van der Waals surface area contributed by atoms with E-state index in [1.165, 1.54) is 39.0 Å². The smallest absolute Gasteiger partial charge is 0.00140 e. The predicted molar refractivity (Wildman–Crippen MR) is 142 cm³/mol. The minimum Gasteiger partial charge on any atom is -0.113 e. The van der Waals surface area contributed by atoms with Crippen LogP contribution in [0.5, 0.6) is 0 Å². The second kappa shape index (κ2) is 8.50. The van der Waals surface area contributed by atoms with Crippen molar-refractivity contribution in [2.75, 3.05) is 0 Å². The molecule has 0 radical (unpaired) electrons. The van der Waals surface area contributed by atoms with Crippen LogP contribution in [0.4, 0.5) is 0 Å². The Morgan fingerprint density at radius 2 is 1.19 bits per heavy atom. The second-order valence-corrected chi connectivity index (χ2v) is 9.25. The standard InChI is InChI=1S/C32H30/c1-7-26-27(8-2)31(24-17-13-10-14-18-24)29-22(3)21-25(32(4,5)6)19-20-28(29)30(26)23-15-11-9-12-16-23/h7-20H,1-2H2,3-6H3. The summed E-state index contributed by atoms with van der Waals surface area (Å²) < 4.78 is 0. The van der Waals surface area contributed by atoms with Gasteiger partial charge in [0.1, 0.15) is 0 Å². The summed E-state index contributed by atoms with van der Waals surface area (Å²) >= 11 is 0. The molecule has 0 saturated heterocycles. The largest absolute Gasteiger partial charge is 0.113 e. The zero-order valence-electron chi connectivity index (χ0n) is 19.5. The Bertz CT molecular complexity index is 1280. The molecule has 0 aliphatic heterocycles. The molecule has 0 N–H and O–H groups in total. The van der Waals surface area contributed by atoms with E-state index in [1.807, 2.05) is 12.2 Å². The lowest BCUT2D eigenvalue weighted by Crippen LogP contribution is -2.06. The molecule has 0 amide bonds. The first-order valence-corrected chi connectivity index (χ1v) is 11.1.